The van der Waals surface area contributed by atoms with Gasteiger partial charge in [-0.1, -0.05) is 19.9 Å². The number of fused-ring (bicyclic) bond motifs is 3. The van der Waals surface area contributed by atoms with Gasteiger partial charge in [0, 0.05) is 45.8 Å². The van der Waals surface area contributed by atoms with Gasteiger partial charge in [-0.15, -0.1) is 11.3 Å². The zero-order valence-corrected chi connectivity index (χ0v) is 23.9. The van der Waals surface area contributed by atoms with Gasteiger partial charge in [-0.25, -0.2) is 4.79 Å². The first-order chi connectivity index (χ1) is 20.1. The smallest absolute Gasteiger partial charge is 0.336 e. The molecule has 214 valence electrons. The molecule has 0 saturated carbocycles. The molecule has 0 saturated heterocycles. The molecular weight excluding hydrogens is 552 g/mol. The maximum Gasteiger partial charge on any atom is 0.336 e. The highest BCUT2D eigenvalue weighted by Crippen LogP contribution is 2.43. The molecule has 1 aliphatic heterocycles. The van der Waals surface area contributed by atoms with Crippen LogP contribution in [0.25, 0.3) is 21.6 Å². The Bertz CT molecular complexity index is 1710. The van der Waals surface area contributed by atoms with E-state index in [1.807, 2.05) is 25.3 Å². The molecule has 4 aromatic rings. The Hall–Kier alpha value is -4.96. The number of hydrogen-bond acceptors (Lipinski definition) is 6. The van der Waals surface area contributed by atoms with Crippen LogP contribution in [0.4, 0.5) is 5.69 Å². The van der Waals surface area contributed by atoms with Gasteiger partial charge in [0.15, 0.2) is 0 Å². The van der Waals surface area contributed by atoms with E-state index in [4.69, 9.17) is 15.9 Å². The minimum Gasteiger partial charge on any atom is -0.493 e. The molecule has 0 bridgehead atoms. The van der Waals surface area contributed by atoms with Gasteiger partial charge in [0.2, 0.25) is 0 Å². The van der Waals surface area contributed by atoms with E-state index in [2.05, 4.69) is 10.6 Å². The van der Waals surface area contributed by atoms with Crippen LogP contribution in [0.2, 0.25) is 0 Å². The first-order valence-electron chi connectivity index (χ1n) is 13.4. The minimum atomic E-state index is -1.23. The summed E-state index contributed by atoms with van der Waals surface area (Å²) in [7, 11) is 0. The second-order valence-electron chi connectivity index (χ2n) is 10.4. The molecule has 0 unspecified atom stereocenters. The molecule has 42 heavy (non-hydrogen) atoms. The Morgan fingerprint density at radius 1 is 0.952 bits per heavy atom. The second kappa shape index (κ2) is 11.9. The summed E-state index contributed by atoms with van der Waals surface area (Å²) in [5, 5.41) is 25.5. The van der Waals surface area contributed by atoms with Crippen molar-refractivity contribution in [1.82, 2.24) is 5.32 Å². The normalized spacial score (nSPS) is 12.0. The maximum atomic E-state index is 13.8. The van der Waals surface area contributed by atoms with E-state index in [9.17, 15) is 19.5 Å². The maximum absolute atomic E-state index is 13.8. The predicted molar refractivity (Wildman–Crippen MR) is 164 cm³/mol. The van der Waals surface area contributed by atoms with Gasteiger partial charge in [-0.05, 0) is 82.6 Å². The van der Waals surface area contributed by atoms with Crippen LogP contribution in [0.5, 0.6) is 5.75 Å². The van der Waals surface area contributed by atoms with Gasteiger partial charge in [0.05, 0.1) is 12.2 Å². The van der Waals surface area contributed by atoms with Crippen LogP contribution in [0, 0.1) is 11.3 Å². The number of benzene rings is 3. The second-order valence-corrected chi connectivity index (χ2v) is 11.3. The average Bonchev–Trinajstić information content (AvgIpc) is 3.36. The lowest BCUT2D eigenvalue weighted by atomic mass is 9.91. The van der Waals surface area contributed by atoms with Crippen molar-refractivity contribution in [3.8, 4) is 27.3 Å². The van der Waals surface area contributed by atoms with Gasteiger partial charge in [0.25, 0.3) is 11.8 Å². The van der Waals surface area contributed by atoms with Gasteiger partial charge < -0.3 is 26.2 Å². The third kappa shape index (κ3) is 5.89. The molecule has 0 atom stereocenters. The molecule has 3 aromatic carbocycles. The number of carbonyl (C=O) groups excluding carboxylic acids is 2. The number of amides is 2. The molecule has 2 heterocycles. The lowest BCUT2D eigenvalue weighted by molar-refractivity contribution is 0.0697. The van der Waals surface area contributed by atoms with Crippen molar-refractivity contribution in [3.05, 3.63) is 93.9 Å². The number of nitrogen functional groups attached to an aromatic ring is 1. The lowest BCUT2D eigenvalue weighted by Gasteiger charge is -2.18. The number of amidine groups is 1. The molecule has 2 amide bonds. The topological polar surface area (TPSA) is 155 Å². The Morgan fingerprint density at radius 3 is 2.38 bits per heavy atom. The van der Waals surface area contributed by atoms with E-state index < -0.39 is 11.9 Å². The summed E-state index contributed by atoms with van der Waals surface area (Å²) >= 11 is 1.55. The monoisotopic (exact) mass is 582 g/mol. The molecule has 0 aliphatic carbocycles. The number of anilines is 1. The highest BCUT2D eigenvalue weighted by molar-refractivity contribution is 7.13. The van der Waals surface area contributed by atoms with Gasteiger partial charge in [-0.3, -0.25) is 15.0 Å². The fourth-order valence-electron chi connectivity index (χ4n) is 4.75. The van der Waals surface area contributed by atoms with Crippen molar-refractivity contribution in [2.24, 2.45) is 11.7 Å². The van der Waals surface area contributed by atoms with Crippen molar-refractivity contribution in [2.75, 3.05) is 18.5 Å². The number of ether oxygens (including phenoxy) is 1. The standard InChI is InChI=1S/C32H30N4O5S/c1-17(2)16-35-30(37)20-5-8-22(25(13-20)32(39)40)23-15-27-26(28-18(9-11-41-27)10-12-42-28)14-24(23)31(38)36-21-6-3-19(4-7-21)29(33)34/h3-8,10,12-15,17H,9,11,16H2,1-2H3,(H3,33,34)(H,35,37)(H,36,38)(H,39,40). The predicted octanol–water partition coefficient (Wildman–Crippen LogP) is 5.64. The average molecular weight is 583 g/mol. The van der Waals surface area contributed by atoms with E-state index in [1.165, 1.54) is 6.07 Å². The Kier molecular flexibility index (Phi) is 8.08. The molecule has 6 N–H and O–H groups in total. The third-order valence-corrected chi connectivity index (χ3v) is 7.90. The quantitative estimate of drug-likeness (QED) is 0.134. The summed E-state index contributed by atoms with van der Waals surface area (Å²) in [6.07, 6.45) is 0.702. The van der Waals surface area contributed by atoms with Gasteiger partial charge in [-0.2, -0.15) is 0 Å². The highest BCUT2D eigenvalue weighted by atomic mass is 32.1. The fourth-order valence-corrected chi connectivity index (χ4v) is 5.73. The van der Waals surface area contributed by atoms with Crippen molar-refractivity contribution in [3.63, 3.8) is 0 Å². The molecule has 0 fully saturated rings. The summed E-state index contributed by atoms with van der Waals surface area (Å²) in [4.78, 5) is 40.0. The number of nitrogens with two attached hydrogens (primary N) is 1. The number of nitrogens with one attached hydrogen (secondary N) is 3. The van der Waals surface area contributed by atoms with Crippen molar-refractivity contribution < 1.29 is 24.2 Å². The number of rotatable bonds is 8. The fraction of sp³-hybridized carbons (Fsp3) is 0.188. The molecule has 1 aromatic heterocycles. The number of carbonyl (C=O) groups is 3. The molecule has 0 spiro atoms. The SMILES string of the molecule is CC(C)CNC(=O)c1ccc(-c2cc3c(cc2C(=O)Nc2ccc(C(=N)N)cc2)-c2sccc2CCO3)c(C(=O)O)c1. The highest BCUT2D eigenvalue weighted by Gasteiger charge is 2.26. The van der Waals surface area contributed by atoms with Crippen LogP contribution in [0.1, 0.15) is 56.0 Å². The van der Waals surface area contributed by atoms with Crippen LogP contribution in [-0.2, 0) is 6.42 Å². The molecule has 5 rings (SSSR count). The van der Waals surface area contributed by atoms with Crippen molar-refractivity contribution in [1.29, 1.82) is 5.41 Å². The molecule has 1 aliphatic rings. The van der Waals surface area contributed by atoms with E-state index >= 15 is 0 Å². The first-order valence-corrected chi connectivity index (χ1v) is 14.3. The molecular formula is C32H30N4O5S. The summed E-state index contributed by atoms with van der Waals surface area (Å²) in [6.45, 7) is 4.82. The van der Waals surface area contributed by atoms with E-state index in [0.717, 1.165) is 16.0 Å². The van der Waals surface area contributed by atoms with Crippen molar-refractivity contribution >= 4 is 40.6 Å². The Morgan fingerprint density at radius 2 is 1.69 bits per heavy atom. The first kappa shape index (κ1) is 28.6. The van der Waals surface area contributed by atoms with E-state index in [0.29, 0.717) is 42.1 Å². The molecule has 0 radical (unpaired) electrons. The number of carboxylic acid groups (broad SMARTS) is 1. The number of aromatic carboxylic acids is 1. The van der Waals surface area contributed by atoms with Gasteiger partial charge in [0.1, 0.15) is 11.6 Å². The Labute approximate surface area is 246 Å². The zero-order chi connectivity index (χ0) is 30.0. The van der Waals surface area contributed by atoms with Gasteiger partial charge >= 0.3 is 5.97 Å². The molecule has 9 nitrogen and oxygen atoms in total. The van der Waals surface area contributed by atoms with Crippen LogP contribution < -0.4 is 21.1 Å². The van der Waals surface area contributed by atoms with Crippen LogP contribution in [0.3, 0.4) is 0 Å². The Balaban J connectivity index is 1.63. The number of hydrogen-bond donors (Lipinski definition) is 5. The third-order valence-electron chi connectivity index (χ3n) is 6.91. The summed E-state index contributed by atoms with van der Waals surface area (Å²) in [5.41, 5.74) is 9.40. The minimum absolute atomic E-state index is 0.0878. The van der Waals surface area contributed by atoms with Crippen LogP contribution in [0.15, 0.2) is 66.0 Å². The molecule has 10 heteroatoms. The lowest BCUT2D eigenvalue weighted by Crippen LogP contribution is -2.27. The number of carboxylic acids is 1. The van der Waals surface area contributed by atoms with Crippen molar-refractivity contribution in [2.45, 2.75) is 20.3 Å². The van der Waals surface area contributed by atoms with E-state index in [-0.39, 0.29) is 39.9 Å². The summed E-state index contributed by atoms with van der Waals surface area (Å²) in [5.74, 6) is -1.37. The van der Waals surface area contributed by atoms with Crippen LogP contribution >= 0.6 is 11.3 Å². The zero-order valence-electron chi connectivity index (χ0n) is 23.1. The summed E-state index contributed by atoms with van der Waals surface area (Å²) in [6, 6.07) is 16.5. The summed E-state index contributed by atoms with van der Waals surface area (Å²) < 4.78 is 6.09. The number of thiophene rings is 1. The van der Waals surface area contributed by atoms with E-state index in [1.54, 1.807) is 59.9 Å². The largest absolute Gasteiger partial charge is 0.493 e. The van der Waals surface area contributed by atoms with Crippen LogP contribution in [-0.4, -0.2) is 41.9 Å².